The number of carbonyl (C=O) groups is 1. The number of nitrogens with zero attached hydrogens (tertiary/aromatic N) is 1. The molecule has 0 saturated heterocycles. The molecule has 3 heteroatoms. The molecule has 0 atom stereocenters. The Hall–Kier alpha value is -1.02. The van der Waals surface area contributed by atoms with Gasteiger partial charge in [-0.15, -0.1) is 0 Å². The molecule has 1 aromatic rings. The van der Waals surface area contributed by atoms with E-state index in [9.17, 15) is 4.79 Å². The highest BCUT2D eigenvalue weighted by molar-refractivity contribution is 6.33. The van der Waals surface area contributed by atoms with E-state index >= 15 is 0 Å². The van der Waals surface area contributed by atoms with Gasteiger partial charge in [0.2, 0.25) is 0 Å². The first-order chi connectivity index (χ1) is 7.54. The molecule has 0 heterocycles. The average Bonchev–Trinajstić information content (AvgIpc) is 2.25. The van der Waals surface area contributed by atoms with Gasteiger partial charge in [-0.25, -0.2) is 0 Å². The van der Waals surface area contributed by atoms with Gasteiger partial charge in [-0.1, -0.05) is 25.4 Å². The molecule has 16 heavy (non-hydrogen) atoms. The number of halogens is 1. The third-order valence-corrected chi connectivity index (χ3v) is 2.92. The zero-order valence-corrected chi connectivity index (χ0v) is 10.8. The first-order valence-electron chi connectivity index (χ1n) is 5.50. The Kier molecular flexibility index (Phi) is 4.81. The van der Waals surface area contributed by atoms with Gasteiger partial charge in [-0.2, -0.15) is 0 Å². The maximum Gasteiger partial charge on any atom is 0.151 e. The summed E-state index contributed by atoms with van der Waals surface area (Å²) in [4.78, 5) is 12.8. The van der Waals surface area contributed by atoms with Crippen molar-refractivity contribution >= 4 is 23.6 Å². The van der Waals surface area contributed by atoms with Crippen LogP contribution in [0.15, 0.2) is 18.2 Å². The van der Waals surface area contributed by atoms with E-state index in [0.29, 0.717) is 16.5 Å². The van der Waals surface area contributed by atoms with Gasteiger partial charge >= 0.3 is 0 Å². The third-order valence-electron chi connectivity index (χ3n) is 2.59. The zero-order valence-electron chi connectivity index (χ0n) is 10.0. The molecule has 0 aromatic heterocycles. The van der Waals surface area contributed by atoms with E-state index in [-0.39, 0.29) is 0 Å². The van der Waals surface area contributed by atoms with Crippen LogP contribution in [-0.2, 0) is 0 Å². The van der Waals surface area contributed by atoms with Crippen molar-refractivity contribution < 1.29 is 4.79 Å². The fourth-order valence-corrected chi connectivity index (χ4v) is 1.65. The van der Waals surface area contributed by atoms with Crippen molar-refractivity contribution in [2.75, 3.05) is 18.5 Å². The van der Waals surface area contributed by atoms with Gasteiger partial charge in [0, 0.05) is 24.8 Å². The average molecular weight is 240 g/mol. The van der Waals surface area contributed by atoms with Crippen LogP contribution in [0.5, 0.6) is 0 Å². The topological polar surface area (TPSA) is 20.3 Å². The van der Waals surface area contributed by atoms with Crippen LogP contribution in [0.25, 0.3) is 0 Å². The summed E-state index contributed by atoms with van der Waals surface area (Å²) >= 11 is 5.98. The predicted octanol–water partition coefficient (Wildman–Crippen LogP) is 3.63. The zero-order chi connectivity index (χ0) is 12.1. The van der Waals surface area contributed by atoms with Crippen LogP contribution < -0.4 is 4.90 Å². The Balaban J connectivity index is 2.72. The summed E-state index contributed by atoms with van der Waals surface area (Å²) in [6.45, 7) is 5.40. The molecule has 0 bridgehead atoms. The molecular formula is C13H18ClNO. The van der Waals surface area contributed by atoms with Crippen molar-refractivity contribution in [3.05, 3.63) is 28.8 Å². The number of rotatable bonds is 5. The summed E-state index contributed by atoms with van der Waals surface area (Å²) in [6, 6.07) is 5.53. The van der Waals surface area contributed by atoms with Gasteiger partial charge in [0.25, 0.3) is 0 Å². The van der Waals surface area contributed by atoms with Gasteiger partial charge in [0.15, 0.2) is 6.29 Å². The summed E-state index contributed by atoms with van der Waals surface area (Å²) in [5, 5.41) is 0.517. The lowest BCUT2D eigenvalue weighted by Crippen LogP contribution is -2.19. The molecule has 0 amide bonds. The molecule has 2 nitrogen and oxygen atoms in total. The van der Waals surface area contributed by atoms with Crippen LogP contribution in [0.3, 0.4) is 0 Å². The summed E-state index contributed by atoms with van der Waals surface area (Å²) in [5.41, 5.74) is 1.60. The maximum atomic E-state index is 10.6. The molecule has 1 rings (SSSR count). The molecule has 0 fully saturated rings. The lowest BCUT2D eigenvalue weighted by atomic mass is 10.1. The molecular weight excluding hydrogens is 222 g/mol. The molecule has 0 aliphatic rings. The van der Waals surface area contributed by atoms with Crippen molar-refractivity contribution in [2.24, 2.45) is 5.92 Å². The Morgan fingerprint density at radius 3 is 2.62 bits per heavy atom. The van der Waals surface area contributed by atoms with Crippen molar-refractivity contribution in [3.8, 4) is 0 Å². The van der Waals surface area contributed by atoms with E-state index in [4.69, 9.17) is 11.6 Å². The van der Waals surface area contributed by atoms with Crippen LogP contribution in [0.4, 0.5) is 5.69 Å². The van der Waals surface area contributed by atoms with Crippen LogP contribution >= 0.6 is 11.6 Å². The second-order valence-electron chi connectivity index (χ2n) is 4.43. The molecule has 0 saturated carbocycles. The van der Waals surface area contributed by atoms with Gasteiger partial charge < -0.3 is 4.90 Å². The van der Waals surface area contributed by atoms with E-state index in [2.05, 4.69) is 18.7 Å². The van der Waals surface area contributed by atoms with Crippen molar-refractivity contribution in [1.82, 2.24) is 0 Å². The quantitative estimate of drug-likeness (QED) is 0.732. The fraction of sp³-hybridized carbons (Fsp3) is 0.462. The summed E-state index contributed by atoms with van der Waals surface area (Å²) < 4.78 is 0. The van der Waals surface area contributed by atoms with E-state index in [1.54, 1.807) is 6.07 Å². The summed E-state index contributed by atoms with van der Waals surface area (Å²) in [6.07, 6.45) is 1.92. The number of hydrogen-bond acceptors (Lipinski definition) is 2. The van der Waals surface area contributed by atoms with Crippen LogP contribution in [-0.4, -0.2) is 19.9 Å². The Bertz CT molecular complexity index is 363. The number of hydrogen-bond donors (Lipinski definition) is 0. The van der Waals surface area contributed by atoms with Crippen LogP contribution in [0.1, 0.15) is 30.6 Å². The van der Waals surface area contributed by atoms with Crippen LogP contribution in [0, 0.1) is 5.92 Å². The number of carbonyl (C=O) groups excluding carboxylic acids is 1. The first kappa shape index (κ1) is 13.0. The maximum absolute atomic E-state index is 10.6. The molecule has 0 radical (unpaired) electrons. The molecule has 0 aliphatic carbocycles. The highest BCUT2D eigenvalue weighted by atomic mass is 35.5. The minimum atomic E-state index is 0.517. The second kappa shape index (κ2) is 5.90. The van der Waals surface area contributed by atoms with Crippen molar-refractivity contribution in [3.63, 3.8) is 0 Å². The normalized spacial score (nSPS) is 10.6. The number of aldehydes is 1. The van der Waals surface area contributed by atoms with E-state index in [1.165, 1.54) is 0 Å². The number of anilines is 1. The highest BCUT2D eigenvalue weighted by Gasteiger charge is 2.05. The van der Waals surface area contributed by atoms with E-state index < -0.39 is 0 Å². The molecule has 88 valence electrons. The Labute approximate surface area is 102 Å². The van der Waals surface area contributed by atoms with Gasteiger partial charge in [-0.05, 0) is 30.5 Å². The Morgan fingerprint density at radius 1 is 1.44 bits per heavy atom. The smallest absolute Gasteiger partial charge is 0.151 e. The standard InChI is InChI=1S/C13H18ClNO/c1-10(2)6-7-15(3)12-5-4-11(9-16)13(14)8-12/h4-5,8-10H,6-7H2,1-3H3. The molecule has 0 aliphatic heterocycles. The lowest BCUT2D eigenvalue weighted by Gasteiger charge is -2.20. The summed E-state index contributed by atoms with van der Waals surface area (Å²) in [7, 11) is 2.04. The highest BCUT2D eigenvalue weighted by Crippen LogP contribution is 2.22. The van der Waals surface area contributed by atoms with Gasteiger partial charge in [0.1, 0.15) is 0 Å². The minimum Gasteiger partial charge on any atom is -0.375 e. The van der Waals surface area contributed by atoms with E-state index in [0.717, 1.165) is 24.9 Å². The number of benzene rings is 1. The van der Waals surface area contributed by atoms with Crippen molar-refractivity contribution in [1.29, 1.82) is 0 Å². The Morgan fingerprint density at radius 2 is 2.12 bits per heavy atom. The first-order valence-corrected chi connectivity index (χ1v) is 5.88. The monoisotopic (exact) mass is 239 g/mol. The molecule has 0 spiro atoms. The summed E-state index contributed by atoms with van der Waals surface area (Å²) in [5.74, 6) is 0.687. The fourth-order valence-electron chi connectivity index (χ4n) is 1.43. The van der Waals surface area contributed by atoms with Crippen LogP contribution in [0.2, 0.25) is 5.02 Å². The SMILES string of the molecule is CC(C)CCN(C)c1ccc(C=O)c(Cl)c1. The van der Waals surface area contributed by atoms with Crippen molar-refractivity contribution in [2.45, 2.75) is 20.3 Å². The molecule has 1 aromatic carbocycles. The largest absolute Gasteiger partial charge is 0.375 e. The predicted molar refractivity (Wildman–Crippen MR) is 69.6 cm³/mol. The van der Waals surface area contributed by atoms with Gasteiger partial charge in [0.05, 0.1) is 5.02 Å². The minimum absolute atomic E-state index is 0.517. The van der Waals surface area contributed by atoms with E-state index in [1.807, 2.05) is 19.2 Å². The van der Waals surface area contributed by atoms with Gasteiger partial charge in [-0.3, -0.25) is 4.79 Å². The molecule has 0 N–H and O–H groups in total. The third kappa shape index (κ3) is 3.53. The second-order valence-corrected chi connectivity index (χ2v) is 4.83. The molecule has 0 unspecified atom stereocenters. The lowest BCUT2D eigenvalue weighted by molar-refractivity contribution is 0.112.